The van der Waals surface area contributed by atoms with Gasteiger partial charge in [-0.05, 0) is 18.6 Å². The van der Waals surface area contributed by atoms with Gasteiger partial charge in [-0.3, -0.25) is 9.59 Å². The molecule has 2 N–H and O–H groups in total. The molecule has 0 fully saturated rings. The van der Waals surface area contributed by atoms with E-state index in [1.54, 1.807) is 11.9 Å². The van der Waals surface area contributed by atoms with E-state index in [4.69, 9.17) is 0 Å². The number of nitrogens with zero attached hydrogens (tertiary/aromatic N) is 1. The number of nitrogens with one attached hydrogen (secondary N) is 2. The smallest absolute Gasteiger partial charge is 0.241 e. The van der Waals surface area contributed by atoms with E-state index in [-0.39, 0.29) is 24.3 Å². The number of benzene rings is 1. The molecule has 0 saturated carbocycles. The van der Waals surface area contributed by atoms with Gasteiger partial charge < -0.3 is 15.5 Å². The molecule has 0 bridgehead atoms. The van der Waals surface area contributed by atoms with Gasteiger partial charge in [-0.2, -0.15) is 0 Å². The van der Waals surface area contributed by atoms with Crippen molar-refractivity contribution in [2.75, 3.05) is 32.0 Å². The minimum Gasteiger partial charge on any atom is -0.384 e. The van der Waals surface area contributed by atoms with Gasteiger partial charge in [0.25, 0.3) is 0 Å². The van der Waals surface area contributed by atoms with Crippen LogP contribution in [0.4, 0.5) is 5.69 Å². The maximum Gasteiger partial charge on any atom is 0.241 e. The average Bonchev–Trinajstić information content (AvgIpc) is 2.87. The minimum absolute atomic E-state index is 0.0574. The van der Waals surface area contributed by atoms with Crippen LogP contribution in [0.25, 0.3) is 0 Å². The zero-order chi connectivity index (χ0) is 13.8. The zero-order valence-electron chi connectivity index (χ0n) is 11.3. The fraction of sp³-hybridized carbons (Fsp3) is 0.429. The third-order valence-electron chi connectivity index (χ3n) is 3.46. The van der Waals surface area contributed by atoms with Gasteiger partial charge in [-0.1, -0.05) is 18.2 Å². The molecule has 0 aliphatic carbocycles. The molecule has 1 aliphatic heterocycles. The Morgan fingerprint density at radius 3 is 2.89 bits per heavy atom. The standard InChI is InChI=1S/C14H19N3O2/c1-3-17(2)13(18)9-16-14(19)11-8-15-12-7-5-4-6-10(11)12/h4-7,11,15H,3,8-9H2,1-2H3,(H,16,19). The number of rotatable bonds is 4. The lowest BCUT2D eigenvalue weighted by atomic mass is 10.0. The summed E-state index contributed by atoms with van der Waals surface area (Å²) in [5.41, 5.74) is 2.00. The molecule has 1 aromatic rings. The molecule has 1 atom stereocenters. The summed E-state index contributed by atoms with van der Waals surface area (Å²) in [5.74, 6) is -0.388. The third kappa shape index (κ3) is 2.86. The predicted molar refractivity (Wildman–Crippen MR) is 74.0 cm³/mol. The number of hydrogen-bond acceptors (Lipinski definition) is 3. The predicted octanol–water partition coefficient (Wildman–Crippen LogP) is 0.790. The molecule has 5 nitrogen and oxygen atoms in total. The van der Waals surface area contributed by atoms with Crippen LogP contribution in [0.1, 0.15) is 18.4 Å². The zero-order valence-corrected chi connectivity index (χ0v) is 11.3. The van der Waals surface area contributed by atoms with Crippen LogP contribution >= 0.6 is 0 Å². The van der Waals surface area contributed by atoms with E-state index in [0.29, 0.717) is 13.1 Å². The highest BCUT2D eigenvalue weighted by Gasteiger charge is 2.28. The van der Waals surface area contributed by atoms with Crippen LogP contribution in [0.15, 0.2) is 24.3 Å². The molecule has 19 heavy (non-hydrogen) atoms. The first-order valence-corrected chi connectivity index (χ1v) is 6.48. The van der Waals surface area contributed by atoms with Crippen LogP contribution in [0.5, 0.6) is 0 Å². The summed E-state index contributed by atoms with van der Waals surface area (Å²) < 4.78 is 0. The summed E-state index contributed by atoms with van der Waals surface area (Å²) in [4.78, 5) is 25.3. The van der Waals surface area contributed by atoms with Crippen molar-refractivity contribution in [1.82, 2.24) is 10.2 Å². The normalized spacial score (nSPS) is 16.4. The molecule has 1 unspecified atom stereocenters. The summed E-state index contributed by atoms with van der Waals surface area (Å²) in [5, 5.41) is 5.91. The average molecular weight is 261 g/mol. The lowest BCUT2D eigenvalue weighted by molar-refractivity contribution is -0.131. The quantitative estimate of drug-likeness (QED) is 0.842. The monoisotopic (exact) mass is 261 g/mol. The van der Waals surface area contributed by atoms with E-state index in [1.165, 1.54) is 0 Å². The summed E-state index contributed by atoms with van der Waals surface area (Å²) in [7, 11) is 1.72. The Morgan fingerprint density at radius 2 is 2.16 bits per heavy atom. The van der Waals surface area contributed by atoms with Crippen molar-refractivity contribution < 1.29 is 9.59 Å². The van der Waals surface area contributed by atoms with Gasteiger partial charge in [-0.15, -0.1) is 0 Å². The molecule has 1 aromatic carbocycles. The molecule has 2 amide bonds. The molecule has 0 aromatic heterocycles. The van der Waals surface area contributed by atoms with Crippen LogP contribution in [0.2, 0.25) is 0 Å². The largest absolute Gasteiger partial charge is 0.384 e. The van der Waals surface area contributed by atoms with Crippen LogP contribution < -0.4 is 10.6 Å². The second kappa shape index (κ2) is 5.73. The van der Waals surface area contributed by atoms with Gasteiger partial charge >= 0.3 is 0 Å². The molecule has 102 valence electrons. The maximum absolute atomic E-state index is 12.1. The van der Waals surface area contributed by atoms with E-state index in [1.807, 2.05) is 31.2 Å². The molecular formula is C14H19N3O2. The highest BCUT2D eigenvalue weighted by Crippen LogP contribution is 2.30. The number of amides is 2. The Labute approximate surface area is 113 Å². The van der Waals surface area contributed by atoms with Crippen LogP contribution in [-0.4, -0.2) is 43.4 Å². The second-order valence-electron chi connectivity index (χ2n) is 4.65. The number of carbonyl (C=O) groups is 2. The van der Waals surface area contributed by atoms with Gasteiger partial charge in [0.1, 0.15) is 0 Å². The highest BCUT2D eigenvalue weighted by molar-refractivity contribution is 5.91. The number of fused-ring (bicyclic) bond motifs is 1. The van der Waals surface area contributed by atoms with Crippen molar-refractivity contribution in [3.8, 4) is 0 Å². The number of anilines is 1. The van der Waals surface area contributed by atoms with Crippen molar-refractivity contribution in [2.24, 2.45) is 0 Å². The Hall–Kier alpha value is -2.04. The first-order chi connectivity index (χ1) is 9.13. The first kappa shape index (κ1) is 13.4. The SMILES string of the molecule is CCN(C)C(=O)CNC(=O)C1CNc2ccccc21. The lowest BCUT2D eigenvalue weighted by Crippen LogP contribution is -2.40. The molecule has 0 saturated heterocycles. The maximum atomic E-state index is 12.1. The number of hydrogen-bond donors (Lipinski definition) is 2. The Kier molecular flexibility index (Phi) is 4.04. The third-order valence-corrected chi connectivity index (χ3v) is 3.46. The summed E-state index contributed by atoms with van der Waals surface area (Å²) in [6.45, 7) is 3.18. The van der Waals surface area contributed by atoms with Crippen LogP contribution in [0, 0.1) is 0 Å². The van der Waals surface area contributed by atoms with E-state index in [9.17, 15) is 9.59 Å². The Balaban J connectivity index is 1.94. The summed E-state index contributed by atoms with van der Waals surface area (Å²) in [6, 6.07) is 7.76. The van der Waals surface area contributed by atoms with E-state index < -0.39 is 0 Å². The fourth-order valence-corrected chi connectivity index (χ4v) is 2.12. The van der Waals surface area contributed by atoms with Gasteiger partial charge in [0.2, 0.25) is 11.8 Å². The van der Waals surface area contributed by atoms with Crippen LogP contribution in [-0.2, 0) is 9.59 Å². The highest BCUT2D eigenvalue weighted by atomic mass is 16.2. The molecule has 0 spiro atoms. The van der Waals surface area contributed by atoms with Crippen molar-refractivity contribution in [1.29, 1.82) is 0 Å². The number of para-hydroxylation sites is 1. The molecular weight excluding hydrogens is 242 g/mol. The summed E-state index contributed by atoms with van der Waals surface area (Å²) in [6.07, 6.45) is 0. The van der Waals surface area contributed by atoms with Gasteiger partial charge in [0.05, 0.1) is 12.5 Å². The van der Waals surface area contributed by atoms with Gasteiger partial charge in [0.15, 0.2) is 0 Å². The van der Waals surface area contributed by atoms with Crippen molar-refractivity contribution >= 4 is 17.5 Å². The van der Waals surface area contributed by atoms with Crippen molar-refractivity contribution in [2.45, 2.75) is 12.8 Å². The van der Waals surface area contributed by atoms with E-state index in [2.05, 4.69) is 10.6 Å². The van der Waals surface area contributed by atoms with E-state index in [0.717, 1.165) is 11.3 Å². The molecule has 2 rings (SSSR count). The van der Waals surface area contributed by atoms with Crippen molar-refractivity contribution in [3.05, 3.63) is 29.8 Å². The lowest BCUT2D eigenvalue weighted by Gasteiger charge is -2.16. The molecule has 5 heteroatoms. The molecule has 1 heterocycles. The minimum atomic E-state index is -0.212. The van der Waals surface area contributed by atoms with Crippen molar-refractivity contribution in [3.63, 3.8) is 0 Å². The van der Waals surface area contributed by atoms with Crippen LogP contribution in [0.3, 0.4) is 0 Å². The fourth-order valence-electron chi connectivity index (χ4n) is 2.12. The first-order valence-electron chi connectivity index (χ1n) is 6.48. The van der Waals surface area contributed by atoms with Gasteiger partial charge in [0, 0.05) is 25.8 Å². The second-order valence-corrected chi connectivity index (χ2v) is 4.65. The van der Waals surface area contributed by atoms with E-state index >= 15 is 0 Å². The Bertz CT molecular complexity index is 487. The summed E-state index contributed by atoms with van der Waals surface area (Å²) >= 11 is 0. The Morgan fingerprint density at radius 1 is 1.42 bits per heavy atom. The van der Waals surface area contributed by atoms with Gasteiger partial charge in [-0.25, -0.2) is 0 Å². The molecule has 0 radical (unpaired) electrons. The molecule has 1 aliphatic rings. The number of likely N-dealkylation sites (N-methyl/N-ethyl adjacent to an activating group) is 1. The number of carbonyl (C=O) groups excluding carboxylic acids is 2. The topological polar surface area (TPSA) is 61.4 Å².